The molecular formula is C15H11ClF3NO3. The Morgan fingerprint density at radius 2 is 2.13 bits per heavy atom. The molecule has 1 aromatic heterocycles. The highest BCUT2D eigenvalue weighted by atomic mass is 35.5. The Morgan fingerprint density at radius 3 is 2.70 bits per heavy atom. The maximum atomic E-state index is 13.7. The molecule has 0 spiro atoms. The van der Waals surface area contributed by atoms with E-state index in [1.54, 1.807) is 6.92 Å². The minimum atomic E-state index is -1.33. The van der Waals surface area contributed by atoms with Crippen molar-refractivity contribution in [1.82, 2.24) is 4.57 Å². The van der Waals surface area contributed by atoms with E-state index in [1.165, 1.54) is 4.57 Å². The second-order valence-electron chi connectivity index (χ2n) is 5.20. The fraction of sp³-hybridized carbons (Fsp3) is 0.333. The van der Waals surface area contributed by atoms with E-state index in [2.05, 4.69) is 0 Å². The Kier molecular flexibility index (Phi) is 3.83. The molecule has 1 saturated carbocycles. The Balaban J connectivity index is 2.38. The van der Waals surface area contributed by atoms with E-state index in [4.69, 9.17) is 16.3 Å². The number of alkyl halides is 1. The number of hydrogen-bond donors (Lipinski definition) is 0. The number of benzene rings is 1. The highest BCUT2D eigenvalue weighted by Gasteiger charge is 2.40. The Morgan fingerprint density at radius 1 is 1.48 bits per heavy atom. The zero-order chi connectivity index (χ0) is 16.9. The molecule has 1 aliphatic carbocycles. The summed E-state index contributed by atoms with van der Waals surface area (Å²) in [6.07, 6.45) is 0.0195. The summed E-state index contributed by atoms with van der Waals surface area (Å²) >= 11 is 5.81. The number of aromatic nitrogens is 1. The van der Waals surface area contributed by atoms with Crippen LogP contribution in [0.25, 0.3) is 10.9 Å². The highest BCUT2D eigenvalue weighted by molar-refractivity contribution is 6.35. The summed E-state index contributed by atoms with van der Waals surface area (Å²) in [6.45, 7) is 1.59. The summed E-state index contributed by atoms with van der Waals surface area (Å²) < 4.78 is 46.8. The van der Waals surface area contributed by atoms with Gasteiger partial charge in [0.15, 0.2) is 11.6 Å². The molecule has 1 aromatic carbocycles. The zero-order valence-corrected chi connectivity index (χ0v) is 12.7. The van der Waals surface area contributed by atoms with Crippen molar-refractivity contribution in [2.45, 2.75) is 25.6 Å². The van der Waals surface area contributed by atoms with Gasteiger partial charge in [-0.25, -0.2) is 18.0 Å². The summed E-state index contributed by atoms with van der Waals surface area (Å²) in [6, 6.07) is -0.0260. The molecule has 2 atom stereocenters. The second kappa shape index (κ2) is 5.56. The standard InChI is InChI=1S/C15H11ClF3NO3/c1-2-23-15(22)7-5-20(10-4-8(10)17)13-6(14(7)21)3-9(18)12(19)11(13)16/h3,5,8,10H,2,4H2,1H3/t8-,10-/m0/s1. The first-order valence-corrected chi connectivity index (χ1v) is 7.28. The summed E-state index contributed by atoms with van der Waals surface area (Å²) in [5.74, 6) is -3.56. The maximum Gasteiger partial charge on any atom is 0.343 e. The van der Waals surface area contributed by atoms with E-state index in [-0.39, 0.29) is 29.5 Å². The van der Waals surface area contributed by atoms with Crippen molar-refractivity contribution in [3.63, 3.8) is 0 Å². The van der Waals surface area contributed by atoms with Crippen LogP contribution < -0.4 is 5.43 Å². The van der Waals surface area contributed by atoms with Gasteiger partial charge in [0.2, 0.25) is 5.43 Å². The minimum Gasteiger partial charge on any atom is -0.462 e. The van der Waals surface area contributed by atoms with Crippen molar-refractivity contribution in [2.24, 2.45) is 0 Å². The van der Waals surface area contributed by atoms with Crippen LogP contribution in [-0.4, -0.2) is 23.3 Å². The SMILES string of the molecule is CCOC(=O)c1cn([C@H]2C[C@@H]2F)c2c(Cl)c(F)c(F)cc2c1=O. The van der Waals surface area contributed by atoms with Crippen LogP contribution in [0.3, 0.4) is 0 Å². The summed E-state index contributed by atoms with van der Waals surface area (Å²) in [5.41, 5.74) is -1.35. The average Bonchev–Trinajstić information content (AvgIpc) is 3.23. The quantitative estimate of drug-likeness (QED) is 0.633. The molecule has 3 rings (SSSR count). The largest absolute Gasteiger partial charge is 0.462 e. The van der Waals surface area contributed by atoms with Gasteiger partial charge >= 0.3 is 5.97 Å². The van der Waals surface area contributed by atoms with Gasteiger partial charge in [0.1, 0.15) is 16.8 Å². The molecule has 1 aliphatic rings. The number of rotatable bonds is 3. The first kappa shape index (κ1) is 15.9. The van der Waals surface area contributed by atoms with Gasteiger partial charge in [-0.1, -0.05) is 11.6 Å². The zero-order valence-electron chi connectivity index (χ0n) is 11.9. The van der Waals surface area contributed by atoms with Crippen molar-refractivity contribution < 1.29 is 22.7 Å². The molecule has 0 unspecified atom stereocenters. The Bertz CT molecular complexity index is 881. The van der Waals surface area contributed by atoms with E-state index in [9.17, 15) is 22.8 Å². The third-order valence-electron chi connectivity index (χ3n) is 3.69. The lowest BCUT2D eigenvalue weighted by molar-refractivity contribution is 0.0524. The number of ether oxygens (including phenoxy) is 1. The van der Waals surface area contributed by atoms with Gasteiger partial charge in [-0.3, -0.25) is 4.79 Å². The fourth-order valence-electron chi connectivity index (χ4n) is 2.47. The van der Waals surface area contributed by atoms with Crippen LogP contribution in [0.5, 0.6) is 0 Å². The van der Waals surface area contributed by atoms with Crippen LogP contribution in [0.2, 0.25) is 5.02 Å². The number of fused-ring (bicyclic) bond motifs is 1. The van der Waals surface area contributed by atoms with Gasteiger partial charge in [-0.05, 0) is 13.0 Å². The lowest BCUT2D eigenvalue weighted by Gasteiger charge is -2.14. The normalized spacial score (nSPS) is 19.9. The molecule has 0 saturated heterocycles. The van der Waals surface area contributed by atoms with Crippen molar-refractivity contribution in [1.29, 1.82) is 0 Å². The van der Waals surface area contributed by atoms with E-state index in [1.807, 2.05) is 0 Å². The predicted octanol–water partition coefficient (Wildman–Crippen LogP) is 3.39. The van der Waals surface area contributed by atoms with E-state index in [0.29, 0.717) is 6.07 Å². The third kappa shape index (κ3) is 2.49. The maximum absolute atomic E-state index is 13.7. The summed E-state index contributed by atoms with van der Waals surface area (Å²) in [5, 5.41) is -0.912. The monoisotopic (exact) mass is 345 g/mol. The molecule has 23 heavy (non-hydrogen) atoms. The minimum absolute atomic E-state index is 0.0318. The van der Waals surface area contributed by atoms with Crippen molar-refractivity contribution in [3.05, 3.63) is 44.7 Å². The predicted molar refractivity (Wildman–Crippen MR) is 77.6 cm³/mol. The summed E-state index contributed by atoms with van der Waals surface area (Å²) in [7, 11) is 0. The molecule has 122 valence electrons. The van der Waals surface area contributed by atoms with Crippen molar-refractivity contribution >= 4 is 28.5 Å². The smallest absolute Gasteiger partial charge is 0.343 e. The van der Waals surface area contributed by atoms with E-state index >= 15 is 0 Å². The van der Waals surface area contributed by atoms with Crippen LogP contribution in [0.1, 0.15) is 29.7 Å². The number of nitrogens with zero attached hydrogens (tertiary/aromatic N) is 1. The molecule has 0 amide bonds. The average molecular weight is 346 g/mol. The van der Waals surface area contributed by atoms with Crippen LogP contribution in [0, 0.1) is 11.6 Å². The first-order valence-electron chi connectivity index (χ1n) is 6.90. The topological polar surface area (TPSA) is 48.3 Å². The van der Waals surface area contributed by atoms with Crippen molar-refractivity contribution in [2.75, 3.05) is 6.61 Å². The number of hydrogen-bond acceptors (Lipinski definition) is 3. The van der Waals surface area contributed by atoms with Gasteiger partial charge in [0.05, 0.1) is 23.6 Å². The highest BCUT2D eigenvalue weighted by Crippen LogP contribution is 2.42. The number of carbonyl (C=O) groups excluding carboxylic acids is 1. The van der Waals surface area contributed by atoms with Gasteiger partial charge in [0.25, 0.3) is 0 Å². The first-order chi connectivity index (χ1) is 10.9. The summed E-state index contributed by atoms with van der Waals surface area (Å²) in [4.78, 5) is 24.3. The molecule has 0 aliphatic heterocycles. The van der Waals surface area contributed by atoms with E-state index in [0.717, 1.165) is 6.20 Å². The molecule has 2 aromatic rings. The van der Waals surface area contributed by atoms with Crippen LogP contribution in [-0.2, 0) is 4.74 Å². The Hall–Kier alpha value is -2.02. The van der Waals surface area contributed by atoms with Gasteiger partial charge in [-0.2, -0.15) is 0 Å². The molecular weight excluding hydrogens is 335 g/mol. The number of pyridine rings is 1. The van der Waals surface area contributed by atoms with Crippen LogP contribution in [0.4, 0.5) is 13.2 Å². The van der Waals surface area contributed by atoms with Gasteiger partial charge in [-0.15, -0.1) is 0 Å². The second-order valence-corrected chi connectivity index (χ2v) is 5.58. The molecule has 1 heterocycles. The molecule has 1 fully saturated rings. The Labute approximate surface area is 133 Å². The van der Waals surface area contributed by atoms with Gasteiger partial charge < -0.3 is 9.30 Å². The number of esters is 1. The fourth-order valence-corrected chi connectivity index (χ4v) is 2.76. The molecule has 4 nitrogen and oxygen atoms in total. The van der Waals surface area contributed by atoms with Gasteiger partial charge in [0, 0.05) is 12.6 Å². The lowest BCUT2D eigenvalue weighted by Crippen LogP contribution is -2.21. The third-order valence-corrected chi connectivity index (χ3v) is 4.03. The molecule has 8 heteroatoms. The van der Waals surface area contributed by atoms with E-state index < -0.39 is 40.3 Å². The molecule has 0 radical (unpaired) electrons. The number of halogens is 4. The molecule has 0 bridgehead atoms. The molecule has 0 N–H and O–H groups in total. The van der Waals surface area contributed by atoms with Crippen LogP contribution in [0.15, 0.2) is 17.1 Å². The van der Waals surface area contributed by atoms with Crippen molar-refractivity contribution in [3.8, 4) is 0 Å². The number of carbonyl (C=O) groups is 1. The van der Waals surface area contributed by atoms with Crippen LogP contribution >= 0.6 is 11.6 Å². The lowest BCUT2D eigenvalue weighted by atomic mass is 10.1.